The molecule has 1 N–H and O–H groups in total. The van der Waals surface area contributed by atoms with Gasteiger partial charge in [-0.1, -0.05) is 67.0 Å². The van der Waals surface area contributed by atoms with Crippen molar-refractivity contribution >= 4 is 0 Å². The number of nitrogens with zero attached hydrogens (tertiary/aromatic N) is 3. The predicted molar refractivity (Wildman–Crippen MR) is 134 cm³/mol. The van der Waals surface area contributed by atoms with E-state index in [0.717, 1.165) is 52.8 Å². The molecule has 182 valence electrons. The Morgan fingerprint density at radius 2 is 1.77 bits per heavy atom. The smallest absolute Gasteiger partial charge is 0.439 e. The first-order chi connectivity index (χ1) is 17.1. The van der Waals surface area contributed by atoms with Gasteiger partial charge in [-0.25, -0.2) is 9.78 Å². The number of nitrogens with one attached hydrogen (secondary N) is 1. The number of H-pyrrole nitrogens is 1. The van der Waals surface area contributed by atoms with E-state index >= 15 is 0 Å². The van der Waals surface area contributed by atoms with Gasteiger partial charge >= 0.3 is 5.76 Å². The Labute approximate surface area is 204 Å². The second-order valence-electron chi connectivity index (χ2n) is 8.31. The highest BCUT2D eigenvalue weighted by molar-refractivity contribution is 5.80. The molecule has 0 atom stereocenters. The first-order valence-corrected chi connectivity index (χ1v) is 11.8. The van der Waals surface area contributed by atoms with Crippen LogP contribution in [0.3, 0.4) is 0 Å². The molecule has 0 radical (unpaired) electrons. The molecule has 4 rings (SSSR count). The fourth-order valence-electron chi connectivity index (χ4n) is 3.99. The van der Waals surface area contributed by atoms with Gasteiger partial charge in [0.2, 0.25) is 5.88 Å². The van der Waals surface area contributed by atoms with Gasteiger partial charge in [0.15, 0.2) is 5.82 Å². The van der Waals surface area contributed by atoms with Gasteiger partial charge in [0.25, 0.3) is 0 Å². The number of aryl methyl sites for hydroxylation is 2. The summed E-state index contributed by atoms with van der Waals surface area (Å²) in [6, 6.07) is 16.1. The summed E-state index contributed by atoms with van der Waals surface area (Å²) >= 11 is 0. The zero-order valence-electron chi connectivity index (χ0n) is 20.3. The topological polar surface area (TPSA) is 103 Å². The van der Waals surface area contributed by atoms with Gasteiger partial charge in [-0.2, -0.15) is 4.98 Å². The molecule has 2 heterocycles. The molecule has 0 saturated carbocycles. The minimum absolute atomic E-state index is 0.407. The Morgan fingerprint density at radius 1 is 1.00 bits per heavy atom. The summed E-state index contributed by atoms with van der Waals surface area (Å²) in [4.78, 5) is 23.4. The van der Waals surface area contributed by atoms with E-state index in [4.69, 9.17) is 19.0 Å². The maximum absolute atomic E-state index is 11.4. The van der Waals surface area contributed by atoms with E-state index in [-0.39, 0.29) is 0 Å². The number of methoxy groups -OCH3 is 1. The van der Waals surface area contributed by atoms with Crippen molar-refractivity contribution in [2.24, 2.45) is 0 Å². The fourth-order valence-corrected chi connectivity index (χ4v) is 3.99. The van der Waals surface area contributed by atoms with Crippen LogP contribution in [0.25, 0.3) is 22.5 Å². The summed E-state index contributed by atoms with van der Waals surface area (Å²) in [5.74, 6) is 1.17. The van der Waals surface area contributed by atoms with Crippen molar-refractivity contribution in [1.82, 2.24) is 20.1 Å². The third-order valence-electron chi connectivity index (χ3n) is 5.73. The van der Waals surface area contributed by atoms with Crippen LogP contribution in [0.15, 0.2) is 57.8 Å². The molecular weight excluding hydrogens is 444 g/mol. The standard InChI is InChI=1S/C27H30N4O4/c1-4-5-10-24-23(26(29-18(2)28-24)34-16-15-33-3)17-19-11-13-20(14-12-19)21-8-6-7-9-22(21)25-30-27(32)35-31-25/h6-9,11-14H,4-5,10,15-17H2,1-3H3,(H,30,31,32). The van der Waals surface area contributed by atoms with Crippen LogP contribution < -0.4 is 10.5 Å². The average Bonchev–Trinajstić information content (AvgIpc) is 3.31. The van der Waals surface area contributed by atoms with E-state index in [0.29, 0.717) is 37.2 Å². The van der Waals surface area contributed by atoms with Crippen LogP contribution in [0.5, 0.6) is 5.88 Å². The summed E-state index contributed by atoms with van der Waals surface area (Å²) in [6.45, 7) is 5.01. The zero-order chi connectivity index (χ0) is 24.6. The molecular formula is C27H30N4O4. The maximum Gasteiger partial charge on any atom is 0.439 e. The second-order valence-corrected chi connectivity index (χ2v) is 8.31. The van der Waals surface area contributed by atoms with E-state index in [2.05, 4.69) is 46.3 Å². The number of hydrogen-bond donors (Lipinski definition) is 1. The molecule has 8 nitrogen and oxygen atoms in total. The Hall–Kier alpha value is -3.78. The van der Waals surface area contributed by atoms with Crippen LogP contribution in [0.4, 0.5) is 0 Å². The number of aromatic nitrogens is 4. The van der Waals surface area contributed by atoms with Crippen molar-refractivity contribution in [2.45, 2.75) is 39.5 Å². The maximum atomic E-state index is 11.4. The number of aromatic amines is 1. The number of benzene rings is 2. The molecule has 2 aromatic heterocycles. The summed E-state index contributed by atoms with van der Waals surface area (Å²) in [5, 5.41) is 3.85. The molecule has 0 bridgehead atoms. The number of hydrogen-bond acceptors (Lipinski definition) is 7. The molecule has 8 heteroatoms. The first kappa shape index (κ1) is 24.3. The van der Waals surface area contributed by atoms with Crippen molar-refractivity contribution in [1.29, 1.82) is 0 Å². The van der Waals surface area contributed by atoms with Gasteiger partial charge in [-0.3, -0.25) is 9.51 Å². The SMILES string of the molecule is CCCCc1nc(C)nc(OCCOC)c1Cc1ccc(-c2ccccc2-c2noc(=O)[nH]2)cc1. The van der Waals surface area contributed by atoms with E-state index in [1.807, 2.05) is 31.2 Å². The molecule has 4 aromatic rings. The molecule has 0 aliphatic carbocycles. The largest absolute Gasteiger partial charge is 0.475 e. The summed E-state index contributed by atoms with van der Waals surface area (Å²) < 4.78 is 15.8. The highest BCUT2D eigenvalue weighted by Gasteiger charge is 2.16. The third kappa shape index (κ3) is 6.02. The van der Waals surface area contributed by atoms with E-state index < -0.39 is 5.76 Å². The van der Waals surface area contributed by atoms with Crippen LogP contribution in [0, 0.1) is 6.92 Å². The molecule has 0 amide bonds. The third-order valence-corrected chi connectivity index (χ3v) is 5.73. The molecule has 0 spiro atoms. The second kappa shape index (κ2) is 11.6. The lowest BCUT2D eigenvalue weighted by molar-refractivity contribution is 0.143. The van der Waals surface area contributed by atoms with Crippen molar-refractivity contribution in [3.63, 3.8) is 0 Å². The summed E-state index contributed by atoms with van der Waals surface area (Å²) in [6.07, 6.45) is 3.70. The van der Waals surface area contributed by atoms with Gasteiger partial charge in [0.1, 0.15) is 12.4 Å². The minimum Gasteiger partial charge on any atom is -0.475 e. The Bertz CT molecular complexity index is 1310. The minimum atomic E-state index is -0.576. The normalized spacial score (nSPS) is 11.1. The first-order valence-electron chi connectivity index (χ1n) is 11.8. The number of ether oxygens (including phenoxy) is 2. The fraction of sp³-hybridized carbons (Fsp3) is 0.333. The molecule has 0 saturated heterocycles. The van der Waals surface area contributed by atoms with Crippen LogP contribution in [0.2, 0.25) is 0 Å². The molecule has 0 unspecified atom stereocenters. The monoisotopic (exact) mass is 474 g/mol. The lowest BCUT2D eigenvalue weighted by Crippen LogP contribution is -2.12. The van der Waals surface area contributed by atoms with Crippen LogP contribution in [-0.4, -0.2) is 40.4 Å². The average molecular weight is 475 g/mol. The highest BCUT2D eigenvalue weighted by atomic mass is 16.5. The van der Waals surface area contributed by atoms with E-state index in [9.17, 15) is 4.79 Å². The molecule has 0 aliphatic heterocycles. The van der Waals surface area contributed by atoms with Gasteiger partial charge in [0, 0.05) is 24.7 Å². The van der Waals surface area contributed by atoms with Gasteiger partial charge in [-0.05, 0) is 36.5 Å². The van der Waals surface area contributed by atoms with Crippen LogP contribution in [0.1, 0.15) is 42.4 Å². The van der Waals surface area contributed by atoms with Gasteiger partial charge < -0.3 is 9.47 Å². The summed E-state index contributed by atoms with van der Waals surface area (Å²) in [7, 11) is 1.65. The number of rotatable bonds is 11. The molecule has 0 fully saturated rings. The van der Waals surface area contributed by atoms with Crippen molar-refractivity contribution in [3.05, 3.63) is 81.7 Å². The lowest BCUT2D eigenvalue weighted by atomic mass is 9.96. The Morgan fingerprint density at radius 3 is 2.46 bits per heavy atom. The van der Waals surface area contributed by atoms with E-state index in [1.54, 1.807) is 7.11 Å². The molecule has 2 aromatic carbocycles. The predicted octanol–water partition coefficient (Wildman–Crippen LogP) is 4.75. The Kier molecular flexibility index (Phi) is 8.05. The van der Waals surface area contributed by atoms with Gasteiger partial charge in [0.05, 0.1) is 12.3 Å². The van der Waals surface area contributed by atoms with E-state index in [1.165, 1.54) is 0 Å². The Balaban J connectivity index is 1.63. The number of unbranched alkanes of at least 4 members (excludes halogenated alkanes) is 1. The van der Waals surface area contributed by atoms with Crippen LogP contribution >= 0.6 is 0 Å². The van der Waals surface area contributed by atoms with Crippen molar-refractivity contribution < 1.29 is 14.0 Å². The molecule has 35 heavy (non-hydrogen) atoms. The van der Waals surface area contributed by atoms with Gasteiger partial charge in [-0.15, -0.1) is 0 Å². The van der Waals surface area contributed by atoms with Crippen molar-refractivity contribution in [2.75, 3.05) is 20.3 Å². The summed E-state index contributed by atoms with van der Waals surface area (Å²) in [5.41, 5.74) is 5.95. The lowest BCUT2D eigenvalue weighted by Gasteiger charge is -2.15. The highest BCUT2D eigenvalue weighted by Crippen LogP contribution is 2.31. The quantitative estimate of drug-likeness (QED) is 0.313. The van der Waals surface area contributed by atoms with Crippen molar-refractivity contribution in [3.8, 4) is 28.4 Å². The molecule has 0 aliphatic rings. The van der Waals surface area contributed by atoms with Crippen LogP contribution in [-0.2, 0) is 17.6 Å². The zero-order valence-corrected chi connectivity index (χ0v) is 20.3.